The summed E-state index contributed by atoms with van der Waals surface area (Å²) >= 11 is 1.68. The molecule has 0 aliphatic rings. The van der Waals surface area contributed by atoms with Crippen molar-refractivity contribution < 1.29 is 14.6 Å². The summed E-state index contributed by atoms with van der Waals surface area (Å²) in [6, 6.07) is 15.1. The summed E-state index contributed by atoms with van der Waals surface area (Å²) in [5.74, 6) is 1.45. The lowest BCUT2D eigenvalue weighted by Gasteiger charge is -2.09. The van der Waals surface area contributed by atoms with Gasteiger partial charge in [0.25, 0.3) is 0 Å². The average Bonchev–Trinajstić information content (AvgIpc) is 2.52. The zero-order valence-corrected chi connectivity index (χ0v) is 12.7. The summed E-state index contributed by atoms with van der Waals surface area (Å²) in [6.07, 6.45) is 0. The lowest BCUT2D eigenvalue weighted by molar-refractivity contribution is 0.101. The molecule has 0 bridgehead atoms. The number of aliphatic hydroxyl groups is 1. The number of ketones is 1. The second-order valence-corrected chi connectivity index (χ2v) is 5.72. The summed E-state index contributed by atoms with van der Waals surface area (Å²) in [5.41, 5.74) is 1.53. The first-order valence-corrected chi connectivity index (χ1v) is 7.74. The van der Waals surface area contributed by atoms with Crippen LogP contribution in [0.3, 0.4) is 0 Å². The Morgan fingerprint density at radius 2 is 1.86 bits per heavy atom. The molecule has 2 aromatic carbocycles. The first-order valence-electron chi connectivity index (χ1n) is 6.76. The van der Waals surface area contributed by atoms with Gasteiger partial charge in [-0.15, -0.1) is 11.8 Å². The van der Waals surface area contributed by atoms with Crippen molar-refractivity contribution in [3.05, 3.63) is 59.7 Å². The van der Waals surface area contributed by atoms with Crippen LogP contribution in [0.25, 0.3) is 0 Å². The highest BCUT2D eigenvalue weighted by atomic mass is 32.2. The number of hydrogen-bond donors (Lipinski definition) is 1. The first kappa shape index (κ1) is 15.6. The molecule has 2 rings (SSSR count). The van der Waals surface area contributed by atoms with Gasteiger partial charge in [0, 0.05) is 10.6 Å². The Bertz CT molecular complexity index is 593. The maximum absolute atomic E-state index is 11.5. The van der Waals surface area contributed by atoms with Gasteiger partial charge >= 0.3 is 0 Å². The third-order valence-corrected chi connectivity index (χ3v) is 3.96. The van der Waals surface area contributed by atoms with Crippen LogP contribution in [0.1, 0.15) is 22.8 Å². The number of carbonyl (C=O) groups is 1. The zero-order valence-electron chi connectivity index (χ0n) is 11.9. The Kier molecular flexibility index (Phi) is 5.84. The van der Waals surface area contributed by atoms with E-state index in [1.54, 1.807) is 24.8 Å². The molecule has 3 nitrogen and oxygen atoms in total. The Hall–Kier alpha value is -1.78. The molecule has 2 aromatic rings. The van der Waals surface area contributed by atoms with E-state index < -0.39 is 0 Å². The molecule has 4 heteroatoms. The number of hydrogen-bond acceptors (Lipinski definition) is 4. The quantitative estimate of drug-likeness (QED) is 0.483. The predicted molar refractivity (Wildman–Crippen MR) is 85.0 cm³/mol. The number of Topliss-reactive ketones (excluding diaryl/α,β-unsaturated/α-hetero) is 1. The number of rotatable bonds is 7. The second kappa shape index (κ2) is 7.86. The summed E-state index contributed by atoms with van der Waals surface area (Å²) < 4.78 is 5.68. The molecule has 0 aliphatic carbocycles. The van der Waals surface area contributed by atoms with Gasteiger partial charge in [-0.1, -0.05) is 24.3 Å². The monoisotopic (exact) mass is 302 g/mol. The molecule has 0 saturated heterocycles. The van der Waals surface area contributed by atoms with E-state index in [2.05, 4.69) is 0 Å². The minimum atomic E-state index is 0.0119. The van der Waals surface area contributed by atoms with Gasteiger partial charge in [-0.25, -0.2) is 0 Å². The van der Waals surface area contributed by atoms with Crippen LogP contribution in [0.2, 0.25) is 0 Å². The van der Waals surface area contributed by atoms with E-state index in [9.17, 15) is 4.79 Å². The smallest absolute Gasteiger partial charge is 0.163 e. The van der Waals surface area contributed by atoms with Crippen molar-refractivity contribution in [2.75, 3.05) is 12.4 Å². The molecule has 0 heterocycles. The van der Waals surface area contributed by atoms with Gasteiger partial charge in [0.2, 0.25) is 0 Å². The van der Waals surface area contributed by atoms with E-state index in [0.29, 0.717) is 17.9 Å². The highest BCUT2D eigenvalue weighted by molar-refractivity contribution is 7.99. The van der Waals surface area contributed by atoms with Gasteiger partial charge in [-0.05, 0) is 36.8 Å². The lowest BCUT2D eigenvalue weighted by Crippen LogP contribution is -2.04. The zero-order chi connectivity index (χ0) is 15.1. The molecule has 0 fully saturated rings. The summed E-state index contributed by atoms with van der Waals surface area (Å²) in [4.78, 5) is 12.6. The van der Waals surface area contributed by atoms with Crippen molar-refractivity contribution in [1.82, 2.24) is 0 Å². The number of aliphatic hydroxyl groups excluding tert-OH is 1. The van der Waals surface area contributed by atoms with Crippen LogP contribution in [-0.2, 0) is 6.61 Å². The number of ether oxygens (including phenoxy) is 1. The van der Waals surface area contributed by atoms with E-state index in [1.807, 2.05) is 42.5 Å². The average molecular weight is 302 g/mol. The van der Waals surface area contributed by atoms with Gasteiger partial charge in [0.1, 0.15) is 5.75 Å². The normalized spacial score (nSPS) is 10.4. The van der Waals surface area contributed by atoms with Crippen molar-refractivity contribution in [3.63, 3.8) is 0 Å². The summed E-state index contributed by atoms with van der Waals surface area (Å²) in [7, 11) is 0. The number of para-hydroxylation sites is 1. The van der Waals surface area contributed by atoms with Crippen LogP contribution < -0.4 is 4.74 Å². The molecule has 0 aliphatic heterocycles. The fourth-order valence-corrected chi connectivity index (χ4v) is 2.62. The largest absolute Gasteiger partial charge is 0.492 e. The highest BCUT2D eigenvalue weighted by Gasteiger charge is 2.06. The van der Waals surface area contributed by atoms with Gasteiger partial charge in [0.15, 0.2) is 5.78 Å². The third-order valence-electron chi connectivity index (χ3n) is 2.98. The Labute approximate surface area is 129 Å². The molecule has 0 amide bonds. The van der Waals surface area contributed by atoms with Gasteiger partial charge in [0.05, 0.1) is 18.8 Å². The number of carbonyl (C=O) groups excluding carboxylic acids is 1. The van der Waals surface area contributed by atoms with Gasteiger partial charge in [-0.3, -0.25) is 4.79 Å². The maximum atomic E-state index is 11.5. The van der Waals surface area contributed by atoms with E-state index in [0.717, 1.165) is 16.2 Å². The second-order valence-electron chi connectivity index (χ2n) is 4.55. The van der Waals surface area contributed by atoms with Gasteiger partial charge in [-0.2, -0.15) is 0 Å². The van der Waals surface area contributed by atoms with Crippen LogP contribution in [0.15, 0.2) is 53.4 Å². The number of thioether (sulfide) groups is 1. The Morgan fingerprint density at radius 1 is 1.14 bits per heavy atom. The van der Waals surface area contributed by atoms with Crippen LogP contribution >= 0.6 is 11.8 Å². The van der Waals surface area contributed by atoms with Crippen LogP contribution in [0.4, 0.5) is 0 Å². The maximum Gasteiger partial charge on any atom is 0.163 e. The molecule has 0 aromatic heterocycles. The standard InChI is InChI=1S/C17H18O3S/c1-13(19)16-4-2-3-5-17(16)20-10-11-21-15-8-6-14(12-18)7-9-15/h2-9,18H,10-12H2,1H3. The molecular formula is C17H18O3S. The van der Waals surface area contributed by atoms with Crippen molar-refractivity contribution in [2.45, 2.75) is 18.4 Å². The lowest BCUT2D eigenvalue weighted by atomic mass is 10.1. The van der Waals surface area contributed by atoms with Crippen LogP contribution in [-0.4, -0.2) is 23.2 Å². The summed E-state index contributed by atoms with van der Waals surface area (Å²) in [6.45, 7) is 2.15. The van der Waals surface area contributed by atoms with E-state index in [1.165, 1.54) is 0 Å². The van der Waals surface area contributed by atoms with Crippen molar-refractivity contribution in [1.29, 1.82) is 0 Å². The van der Waals surface area contributed by atoms with Crippen LogP contribution in [0, 0.1) is 0 Å². The number of benzene rings is 2. The van der Waals surface area contributed by atoms with Crippen molar-refractivity contribution in [2.24, 2.45) is 0 Å². The van der Waals surface area contributed by atoms with E-state index in [4.69, 9.17) is 9.84 Å². The van der Waals surface area contributed by atoms with E-state index >= 15 is 0 Å². The molecular weight excluding hydrogens is 284 g/mol. The topological polar surface area (TPSA) is 46.5 Å². The molecule has 21 heavy (non-hydrogen) atoms. The molecule has 0 spiro atoms. The molecule has 0 unspecified atom stereocenters. The van der Waals surface area contributed by atoms with Crippen LogP contribution in [0.5, 0.6) is 5.75 Å². The van der Waals surface area contributed by atoms with Gasteiger partial charge < -0.3 is 9.84 Å². The van der Waals surface area contributed by atoms with Crippen molar-refractivity contribution >= 4 is 17.5 Å². The highest BCUT2D eigenvalue weighted by Crippen LogP contribution is 2.21. The Balaban J connectivity index is 1.83. The third kappa shape index (κ3) is 4.62. The predicted octanol–water partition coefficient (Wildman–Crippen LogP) is 3.55. The minimum Gasteiger partial charge on any atom is -0.492 e. The Morgan fingerprint density at radius 3 is 2.52 bits per heavy atom. The fraction of sp³-hybridized carbons (Fsp3) is 0.235. The molecule has 1 N–H and O–H groups in total. The van der Waals surface area contributed by atoms with E-state index in [-0.39, 0.29) is 12.4 Å². The fourth-order valence-electron chi connectivity index (χ4n) is 1.89. The SMILES string of the molecule is CC(=O)c1ccccc1OCCSc1ccc(CO)cc1. The molecule has 110 valence electrons. The molecule has 0 atom stereocenters. The first-order chi connectivity index (χ1) is 10.2. The summed E-state index contributed by atoms with van der Waals surface area (Å²) in [5, 5.41) is 8.99. The van der Waals surface area contributed by atoms with Crippen molar-refractivity contribution in [3.8, 4) is 5.75 Å². The molecule has 0 saturated carbocycles. The minimum absolute atomic E-state index is 0.0119. The molecule has 0 radical (unpaired) electrons.